The van der Waals surface area contributed by atoms with Crippen LogP contribution in [0.3, 0.4) is 0 Å². The summed E-state index contributed by atoms with van der Waals surface area (Å²) in [4.78, 5) is 16.4. The summed E-state index contributed by atoms with van der Waals surface area (Å²) in [5, 5.41) is 0. The number of methoxy groups -OCH3 is 1. The molecule has 6 nitrogen and oxygen atoms in total. The normalized spacial score (nSPS) is 30.1. The van der Waals surface area contributed by atoms with Crippen molar-refractivity contribution < 1.29 is 23.7 Å². The van der Waals surface area contributed by atoms with Crippen LogP contribution in [0.15, 0.2) is 12.3 Å². The van der Waals surface area contributed by atoms with E-state index >= 15 is 0 Å². The summed E-state index contributed by atoms with van der Waals surface area (Å²) in [6, 6.07) is 1.79. The lowest BCUT2D eigenvalue weighted by atomic mass is 9.85. The molecule has 1 saturated heterocycles. The number of rotatable bonds is 3. The van der Waals surface area contributed by atoms with E-state index in [1.807, 2.05) is 20.8 Å². The molecule has 0 aliphatic carbocycles. The van der Waals surface area contributed by atoms with Crippen LogP contribution < -0.4 is 4.74 Å². The number of ether oxygens (including phenoxy) is 4. The highest BCUT2D eigenvalue weighted by Gasteiger charge is 2.56. The highest BCUT2D eigenvalue weighted by atomic mass is 16.8. The maximum Gasteiger partial charge on any atom is 0.345 e. The molecular weight excluding hydrogens is 274 g/mol. The summed E-state index contributed by atoms with van der Waals surface area (Å²) in [6.07, 6.45) is 1.85. The van der Waals surface area contributed by atoms with Crippen LogP contribution in [0.5, 0.6) is 5.88 Å². The third kappa shape index (κ3) is 2.01. The maximum absolute atomic E-state index is 12.3. The van der Waals surface area contributed by atoms with Crippen molar-refractivity contribution in [2.24, 2.45) is 0 Å². The van der Waals surface area contributed by atoms with E-state index in [0.717, 1.165) is 5.56 Å². The minimum absolute atomic E-state index is 0.283. The number of hydrogen-bond acceptors (Lipinski definition) is 6. The van der Waals surface area contributed by atoms with Gasteiger partial charge in [0.15, 0.2) is 11.4 Å². The van der Waals surface area contributed by atoms with Gasteiger partial charge in [-0.1, -0.05) is 6.92 Å². The molecule has 2 aliphatic rings. The monoisotopic (exact) mass is 293 g/mol. The molecule has 1 aromatic heterocycles. The number of carbonyl (C=O) groups excluding carboxylic acids is 1. The van der Waals surface area contributed by atoms with Gasteiger partial charge in [-0.3, -0.25) is 0 Å². The first-order valence-electron chi connectivity index (χ1n) is 7.02. The standard InChI is InChI=1S/C15H19NO5/c1-5-15(10-8-19-14(2,3)20-10)9-6-7-16-12(18-4)11(9)13(17)21-15/h6-7,10H,5,8H2,1-4H3/t10-,15?/m0/s1. The fourth-order valence-corrected chi connectivity index (χ4v) is 3.06. The zero-order valence-electron chi connectivity index (χ0n) is 12.6. The SMILES string of the molecule is CCC1([C@@H]2COC(C)(C)O2)OC(=O)c2c1ccnc2OC. The van der Waals surface area contributed by atoms with Crippen LogP contribution in [-0.2, 0) is 19.8 Å². The highest BCUT2D eigenvalue weighted by Crippen LogP contribution is 2.47. The highest BCUT2D eigenvalue weighted by molar-refractivity contribution is 5.97. The Labute approximate surface area is 123 Å². The fraction of sp³-hybridized carbons (Fsp3) is 0.600. The predicted molar refractivity (Wildman–Crippen MR) is 73.1 cm³/mol. The first-order chi connectivity index (χ1) is 9.93. The average Bonchev–Trinajstić information content (AvgIpc) is 2.97. The third-order valence-corrected chi connectivity index (χ3v) is 4.10. The van der Waals surface area contributed by atoms with Crippen LogP contribution in [0.1, 0.15) is 43.1 Å². The Morgan fingerprint density at radius 1 is 1.48 bits per heavy atom. The zero-order chi connectivity index (χ0) is 15.3. The van der Waals surface area contributed by atoms with Crippen molar-refractivity contribution in [1.29, 1.82) is 0 Å². The molecule has 0 aromatic carbocycles. The topological polar surface area (TPSA) is 66.9 Å². The molecule has 0 saturated carbocycles. The molecule has 0 bridgehead atoms. The number of fused-ring (bicyclic) bond motifs is 1. The molecule has 3 rings (SSSR count). The van der Waals surface area contributed by atoms with E-state index in [-0.39, 0.29) is 12.0 Å². The smallest absolute Gasteiger partial charge is 0.345 e. The van der Waals surface area contributed by atoms with Gasteiger partial charge in [0.1, 0.15) is 11.7 Å². The van der Waals surface area contributed by atoms with Crippen LogP contribution in [0.25, 0.3) is 0 Å². The van der Waals surface area contributed by atoms with Crippen molar-refractivity contribution in [3.63, 3.8) is 0 Å². The molecule has 6 heteroatoms. The quantitative estimate of drug-likeness (QED) is 0.794. The van der Waals surface area contributed by atoms with E-state index < -0.39 is 17.4 Å². The van der Waals surface area contributed by atoms with Gasteiger partial charge in [-0.25, -0.2) is 9.78 Å². The van der Waals surface area contributed by atoms with Gasteiger partial charge in [-0.15, -0.1) is 0 Å². The number of nitrogens with zero attached hydrogens (tertiary/aromatic N) is 1. The van der Waals surface area contributed by atoms with Crippen molar-refractivity contribution in [1.82, 2.24) is 4.98 Å². The zero-order valence-corrected chi connectivity index (χ0v) is 12.6. The molecule has 2 atom stereocenters. The second kappa shape index (κ2) is 4.68. The fourth-order valence-electron chi connectivity index (χ4n) is 3.06. The van der Waals surface area contributed by atoms with Gasteiger partial charge in [0.25, 0.3) is 0 Å². The number of aromatic nitrogens is 1. The summed E-state index contributed by atoms with van der Waals surface area (Å²) >= 11 is 0. The van der Waals surface area contributed by atoms with E-state index in [9.17, 15) is 4.79 Å². The van der Waals surface area contributed by atoms with Gasteiger partial charge in [0.2, 0.25) is 5.88 Å². The first kappa shape index (κ1) is 14.3. The van der Waals surface area contributed by atoms with Crippen molar-refractivity contribution in [2.45, 2.75) is 44.7 Å². The van der Waals surface area contributed by atoms with Crippen molar-refractivity contribution >= 4 is 5.97 Å². The molecule has 1 aromatic rings. The number of hydrogen-bond donors (Lipinski definition) is 0. The van der Waals surface area contributed by atoms with E-state index in [4.69, 9.17) is 18.9 Å². The van der Waals surface area contributed by atoms with Crippen molar-refractivity contribution in [3.05, 3.63) is 23.4 Å². The Hall–Kier alpha value is -1.66. The average molecular weight is 293 g/mol. The first-order valence-corrected chi connectivity index (χ1v) is 7.02. The van der Waals surface area contributed by atoms with Crippen LogP contribution >= 0.6 is 0 Å². The molecular formula is C15H19NO5. The van der Waals surface area contributed by atoms with Gasteiger partial charge in [-0.05, 0) is 26.3 Å². The van der Waals surface area contributed by atoms with E-state index in [1.165, 1.54) is 7.11 Å². The van der Waals surface area contributed by atoms with Gasteiger partial charge < -0.3 is 18.9 Å². The Bertz CT molecular complexity index is 585. The minimum Gasteiger partial charge on any atom is -0.480 e. The second-order valence-electron chi connectivity index (χ2n) is 5.69. The lowest BCUT2D eigenvalue weighted by molar-refractivity contribution is -0.171. The molecule has 0 radical (unpaired) electrons. The molecule has 3 heterocycles. The Balaban J connectivity index is 2.09. The summed E-state index contributed by atoms with van der Waals surface area (Å²) in [7, 11) is 1.49. The number of carbonyl (C=O) groups is 1. The van der Waals surface area contributed by atoms with Gasteiger partial charge in [0, 0.05) is 11.8 Å². The molecule has 2 aliphatic heterocycles. The summed E-state index contributed by atoms with van der Waals surface area (Å²) in [6.45, 7) is 6.03. The van der Waals surface area contributed by atoms with E-state index in [0.29, 0.717) is 18.6 Å². The van der Waals surface area contributed by atoms with E-state index in [1.54, 1.807) is 12.3 Å². The summed E-state index contributed by atoms with van der Waals surface area (Å²) in [5.41, 5.74) is 0.291. The Morgan fingerprint density at radius 2 is 2.24 bits per heavy atom. The molecule has 1 unspecified atom stereocenters. The van der Waals surface area contributed by atoms with Crippen LogP contribution in [0.4, 0.5) is 0 Å². The molecule has 1 fully saturated rings. The molecule has 21 heavy (non-hydrogen) atoms. The Kier molecular flexibility index (Phi) is 3.18. The van der Waals surface area contributed by atoms with Crippen molar-refractivity contribution in [3.8, 4) is 5.88 Å². The lowest BCUT2D eigenvalue weighted by Gasteiger charge is -2.33. The predicted octanol–water partition coefficient (Wildman–Crippen LogP) is 2.02. The molecule has 0 N–H and O–H groups in total. The molecule has 0 spiro atoms. The number of pyridine rings is 1. The molecule has 0 amide bonds. The van der Waals surface area contributed by atoms with Crippen molar-refractivity contribution in [2.75, 3.05) is 13.7 Å². The summed E-state index contributed by atoms with van der Waals surface area (Å²) < 4.78 is 22.5. The van der Waals surface area contributed by atoms with Crippen LogP contribution in [0, 0.1) is 0 Å². The second-order valence-corrected chi connectivity index (χ2v) is 5.69. The van der Waals surface area contributed by atoms with E-state index in [2.05, 4.69) is 4.98 Å². The minimum atomic E-state index is -0.851. The van der Waals surface area contributed by atoms with Crippen LogP contribution in [0.2, 0.25) is 0 Å². The largest absolute Gasteiger partial charge is 0.480 e. The Morgan fingerprint density at radius 3 is 2.81 bits per heavy atom. The molecule has 114 valence electrons. The number of esters is 1. The lowest BCUT2D eigenvalue weighted by Crippen LogP contribution is -2.42. The van der Waals surface area contributed by atoms with Gasteiger partial charge in [0.05, 0.1) is 13.7 Å². The third-order valence-electron chi connectivity index (χ3n) is 4.10. The maximum atomic E-state index is 12.3. The van der Waals surface area contributed by atoms with Gasteiger partial charge in [-0.2, -0.15) is 0 Å². The van der Waals surface area contributed by atoms with Gasteiger partial charge >= 0.3 is 5.97 Å². The number of cyclic esters (lactones) is 1. The van der Waals surface area contributed by atoms with Crippen LogP contribution in [-0.4, -0.2) is 36.6 Å². The summed E-state index contributed by atoms with van der Waals surface area (Å²) in [5.74, 6) is -0.824.